The molecule has 0 saturated carbocycles. The molecule has 0 unspecified atom stereocenters. The van der Waals surface area contributed by atoms with Crippen molar-refractivity contribution in [1.82, 2.24) is 15.3 Å². The third-order valence-corrected chi connectivity index (χ3v) is 5.14. The first-order chi connectivity index (χ1) is 13.1. The number of benzene rings is 1. The number of rotatable bonds is 4. The highest BCUT2D eigenvalue weighted by Gasteiger charge is 2.27. The molecule has 3 heterocycles. The molecule has 1 N–H and O–H groups in total. The molecule has 0 radical (unpaired) electrons. The molecule has 4 rings (SSSR count). The number of halogens is 1. The van der Waals surface area contributed by atoms with Crippen molar-refractivity contribution in [3.8, 4) is 0 Å². The molecule has 6 nitrogen and oxygen atoms in total. The zero-order valence-corrected chi connectivity index (χ0v) is 15.9. The number of nitrogens with zero attached hydrogens (tertiary/aromatic N) is 3. The zero-order valence-electron chi connectivity index (χ0n) is 15.1. The molecule has 1 aliphatic rings. The van der Waals surface area contributed by atoms with E-state index in [9.17, 15) is 4.79 Å². The Bertz CT molecular complexity index is 964. The number of pyridine rings is 1. The summed E-state index contributed by atoms with van der Waals surface area (Å²) in [7, 11) is 0. The van der Waals surface area contributed by atoms with Crippen molar-refractivity contribution >= 4 is 34.6 Å². The molecule has 1 aromatic carbocycles. The van der Waals surface area contributed by atoms with Crippen LogP contribution in [0.25, 0.3) is 11.1 Å². The summed E-state index contributed by atoms with van der Waals surface area (Å²) in [5, 5.41) is 3.67. The largest absolute Gasteiger partial charge is 0.423 e. The number of fused-ring (bicyclic) bond motifs is 1. The van der Waals surface area contributed by atoms with E-state index >= 15 is 0 Å². The highest BCUT2D eigenvalue weighted by Crippen LogP contribution is 2.28. The molecule has 1 aliphatic heterocycles. The van der Waals surface area contributed by atoms with Crippen molar-refractivity contribution in [1.29, 1.82) is 0 Å². The summed E-state index contributed by atoms with van der Waals surface area (Å²) in [5.74, 6) is 0.122. The number of aromatic nitrogens is 2. The van der Waals surface area contributed by atoms with Gasteiger partial charge in [-0.2, -0.15) is 4.98 Å². The van der Waals surface area contributed by atoms with Crippen LogP contribution in [0.4, 0.5) is 6.01 Å². The van der Waals surface area contributed by atoms with Gasteiger partial charge in [-0.15, -0.1) is 0 Å². The van der Waals surface area contributed by atoms with Crippen LogP contribution >= 0.6 is 11.6 Å². The number of carbonyl (C=O) groups is 1. The van der Waals surface area contributed by atoms with Crippen molar-refractivity contribution in [2.24, 2.45) is 5.92 Å². The average molecular weight is 385 g/mol. The lowest BCUT2D eigenvalue weighted by molar-refractivity contribution is -0.125. The van der Waals surface area contributed by atoms with E-state index in [1.165, 1.54) is 0 Å². The van der Waals surface area contributed by atoms with Crippen LogP contribution in [0.15, 0.2) is 40.9 Å². The average Bonchev–Trinajstić information content (AvgIpc) is 3.09. The van der Waals surface area contributed by atoms with Gasteiger partial charge in [-0.3, -0.25) is 9.78 Å². The van der Waals surface area contributed by atoms with Crippen molar-refractivity contribution < 1.29 is 9.21 Å². The Morgan fingerprint density at radius 3 is 2.89 bits per heavy atom. The normalized spacial score (nSPS) is 15.3. The fourth-order valence-corrected chi connectivity index (χ4v) is 3.56. The van der Waals surface area contributed by atoms with Crippen LogP contribution in [0.2, 0.25) is 5.02 Å². The van der Waals surface area contributed by atoms with Gasteiger partial charge in [-0.25, -0.2) is 0 Å². The molecule has 3 aromatic rings. The van der Waals surface area contributed by atoms with Gasteiger partial charge >= 0.3 is 0 Å². The van der Waals surface area contributed by atoms with Gasteiger partial charge in [0.1, 0.15) is 5.52 Å². The first-order valence-electron chi connectivity index (χ1n) is 9.09. The summed E-state index contributed by atoms with van der Waals surface area (Å²) < 4.78 is 5.82. The van der Waals surface area contributed by atoms with Crippen molar-refractivity contribution in [3.63, 3.8) is 0 Å². The summed E-state index contributed by atoms with van der Waals surface area (Å²) in [5.41, 5.74) is 3.50. The molecule has 2 aromatic heterocycles. The Balaban J connectivity index is 1.33. The standard InChI is InChI=1S/C20H21ClN4O2/c1-13-10-14(4-7-22-13)12-23-19(26)15-5-8-25(9-6-15)20-24-17-3-2-16(21)11-18(17)27-20/h2-4,7,10-11,15H,5-6,8-9,12H2,1H3,(H,23,26). The van der Waals surface area contributed by atoms with Crippen LogP contribution < -0.4 is 10.2 Å². The molecule has 0 spiro atoms. The summed E-state index contributed by atoms with van der Waals surface area (Å²) >= 11 is 6.00. The van der Waals surface area contributed by atoms with Gasteiger partial charge in [0.05, 0.1) is 0 Å². The lowest BCUT2D eigenvalue weighted by Crippen LogP contribution is -2.40. The Hall–Kier alpha value is -2.60. The number of oxazole rings is 1. The first kappa shape index (κ1) is 17.8. The fraction of sp³-hybridized carbons (Fsp3) is 0.350. The van der Waals surface area contributed by atoms with Crippen LogP contribution in [-0.2, 0) is 11.3 Å². The summed E-state index contributed by atoms with van der Waals surface area (Å²) in [4.78, 5) is 23.3. The van der Waals surface area contributed by atoms with Gasteiger partial charge in [0.15, 0.2) is 5.58 Å². The van der Waals surface area contributed by atoms with Gasteiger partial charge in [0.2, 0.25) is 5.91 Å². The molecular formula is C20H21ClN4O2. The number of hydrogen-bond donors (Lipinski definition) is 1. The topological polar surface area (TPSA) is 71.3 Å². The monoisotopic (exact) mass is 384 g/mol. The predicted molar refractivity (Wildman–Crippen MR) is 105 cm³/mol. The van der Waals surface area contributed by atoms with Gasteiger partial charge in [-0.05, 0) is 49.6 Å². The number of amides is 1. The minimum Gasteiger partial charge on any atom is -0.423 e. The lowest BCUT2D eigenvalue weighted by Gasteiger charge is -2.30. The highest BCUT2D eigenvalue weighted by atomic mass is 35.5. The molecule has 140 valence electrons. The molecule has 0 aliphatic carbocycles. The van der Waals surface area contributed by atoms with E-state index in [0.717, 1.165) is 42.7 Å². The molecule has 1 fully saturated rings. The Kier molecular flexibility index (Phi) is 4.99. The van der Waals surface area contributed by atoms with E-state index < -0.39 is 0 Å². The Morgan fingerprint density at radius 1 is 1.30 bits per heavy atom. The van der Waals surface area contributed by atoms with Crippen molar-refractivity contribution in [3.05, 3.63) is 52.8 Å². The van der Waals surface area contributed by atoms with Crippen molar-refractivity contribution in [2.45, 2.75) is 26.3 Å². The fourth-order valence-electron chi connectivity index (χ4n) is 3.40. The number of anilines is 1. The maximum atomic E-state index is 12.5. The second-order valence-corrected chi connectivity index (χ2v) is 7.33. The molecule has 7 heteroatoms. The van der Waals surface area contributed by atoms with E-state index in [0.29, 0.717) is 23.2 Å². The molecule has 1 amide bonds. The zero-order chi connectivity index (χ0) is 18.8. The summed E-state index contributed by atoms with van der Waals surface area (Å²) in [6.45, 7) is 3.97. The van der Waals surface area contributed by atoms with Gasteiger partial charge in [-0.1, -0.05) is 11.6 Å². The van der Waals surface area contributed by atoms with Gasteiger partial charge < -0.3 is 14.6 Å². The summed E-state index contributed by atoms with van der Waals surface area (Å²) in [6, 6.07) is 9.94. The van der Waals surface area contributed by atoms with E-state index in [2.05, 4.69) is 20.2 Å². The first-order valence-corrected chi connectivity index (χ1v) is 9.46. The van der Waals surface area contributed by atoms with Gasteiger partial charge in [0, 0.05) is 48.5 Å². The molecule has 0 atom stereocenters. The number of carbonyl (C=O) groups excluding carboxylic acids is 1. The molecule has 1 saturated heterocycles. The van der Waals surface area contributed by atoms with E-state index in [-0.39, 0.29) is 11.8 Å². The number of aryl methyl sites for hydroxylation is 1. The van der Waals surface area contributed by atoms with E-state index in [4.69, 9.17) is 16.0 Å². The van der Waals surface area contributed by atoms with Crippen molar-refractivity contribution in [2.75, 3.05) is 18.0 Å². The second-order valence-electron chi connectivity index (χ2n) is 6.89. The quantitative estimate of drug-likeness (QED) is 0.742. The maximum absolute atomic E-state index is 12.5. The smallest absolute Gasteiger partial charge is 0.298 e. The van der Waals surface area contributed by atoms with E-state index in [1.807, 2.05) is 25.1 Å². The molecule has 27 heavy (non-hydrogen) atoms. The van der Waals surface area contributed by atoms with Crippen LogP contribution in [0.3, 0.4) is 0 Å². The number of hydrogen-bond acceptors (Lipinski definition) is 5. The molecular weight excluding hydrogens is 364 g/mol. The van der Waals surface area contributed by atoms with Gasteiger partial charge in [0.25, 0.3) is 6.01 Å². The van der Waals surface area contributed by atoms with Crippen LogP contribution in [0, 0.1) is 12.8 Å². The van der Waals surface area contributed by atoms with Crippen LogP contribution in [0.1, 0.15) is 24.1 Å². The molecule has 0 bridgehead atoms. The van der Waals surface area contributed by atoms with E-state index in [1.54, 1.807) is 18.3 Å². The third-order valence-electron chi connectivity index (χ3n) is 4.90. The maximum Gasteiger partial charge on any atom is 0.298 e. The highest BCUT2D eigenvalue weighted by molar-refractivity contribution is 6.31. The summed E-state index contributed by atoms with van der Waals surface area (Å²) in [6.07, 6.45) is 3.32. The Morgan fingerprint density at radius 2 is 2.11 bits per heavy atom. The SMILES string of the molecule is Cc1cc(CNC(=O)C2CCN(c3nc4ccc(Cl)cc4o3)CC2)ccn1. The minimum absolute atomic E-state index is 0.0167. The Labute approximate surface area is 162 Å². The van der Waals surface area contributed by atoms with Crippen LogP contribution in [0.5, 0.6) is 0 Å². The predicted octanol–water partition coefficient (Wildman–Crippen LogP) is 3.72. The minimum atomic E-state index is 0.0167. The second kappa shape index (κ2) is 7.56. The third kappa shape index (κ3) is 4.06. The lowest BCUT2D eigenvalue weighted by atomic mass is 9.96. The number of piperidine rings is 1. The number of nitrogens with one attached hydrogen (secondary N) is 1. The van der Waals surface area contributed by atoms with Crippen LogP contribution in [-0.4, -0.2) is 29.0 Å².